The fourth-order valence-corrected chi connectivity index (χ4v) is 3.39. The van der Waals surface area contributed by atoms with Crippen LogP contribution in [0.25, 0.3) is 21.9 Å². The van der Waals surface area contributed by atoms with Crippen molar-refractivity contribution in [2.45, 2.75) is 19.4 Å². The third kappa shape index (κ3) is 1.87. The van der Waals surface area contributed by atoms with Crippen molar-refractivity contribution >= 4 is 10.8 Å². The quantitative estimate of drug-likeness (QED) is 0.746. The van der Waals surface area contributed by atoms with Gasteiger partial charge in [0, 0.05) is 12.1 Å². The Hall–Kier alpha value is -2.19. The van der Waals surface area contributed by atoms with E-state index in [-0.39, 0.29) is 5.82 Å². The molecule has 0 atom stereocenters. The summed E-state index contributed by atoms with van der Waals surface area (Å²) in [5.41, 5.74) is 11.0. The smallest absolute Gasteiger partial charge is 0.131 e. The van der Waals surface area contributed by atoms with Gasteiger partial charge in [0.1, 0.15) is 5.82 Å². The normalized spacial score (nSPS) is 13.0. The highest BCUT2D eigenvalue weighted by molar-refractivity contribution is 6.01. The highest BCUT2D eigenvalue weighted by Crippen LogP contribution is 2.37. The maximum atomic E-state index is 14.3. The zero-order valence-electron chi connectivity index (χ0n) is 11.7. The molecule has 0 aliphatic heterocycles. The summed E-state index contributed by atoms with van der Waals surface area (Å²) in [6.07, 6.45) is 2.17. The molecule has 0 heterocycles. The van der Waals surface area contributed by atoms with Crippen LogP contribution in [0.15, 0.2) is 48.5 Å². The van der Waals surface area contributed by atoms with E-state index in [0.29, 0.717) is 12.1 Å². The van der Waals surface area contributed by atoms with E-state index in [2.05, 4.69) is 24.3 Å². The van der Waals surface area contributed by atoms with Crippen LogP contribution in [-0.2, 0) is 19.4 Å². The fourth-order valence-electron chi connectivity index (χ4n) is 3.39. The predicted octanol–water partition coefficient (Wildman–Crippen LogP) is 4.20. The number of aryl methyl sites for hydroxylation is 2. The molecular formula is C19H16FN. The molecule has 0 fully saturated rings. The Balaban J connectivity index is 2.04. The summed E-state index contributed by atoms with van der Waals surface area (Å²) in [5.74, 6) is -0.189. The summed E-state index contributed by atoms with van der Waals surface area (Å²) in [5, 5.41) is 2.46. The van der Waals surface area contributed by atoms with Crippen molar-refractivity contribution in [2.24, 2.45) is 5.73 Å². The van der Waals surface area contributed by atoms with Crippen LogP contribution in [0.4, 0.5) is 4.39 Å². The van der Waals surface area contributed by atoms with E-state index in [4.69, 9.17) is 5.73 Å². The molecule has 0 radical (unpaired) electrons. The molecule has 104 valence electrons. The van der Waals surface area contributed by atoms with Gasteiger partial charge >= 0.3 is 0 Å². The van der Waals surface area contributed by atoms with Crippen molar-refractivity contribution in [1.29, 1.82) is 0 Å². The van der Waals surface area contributed by atoms with E-state index in [1.165, 1.54) is 22.6 Å². The first-order valence-electron chi connectivity index (χ1n) is 7.30. The molecule has 0 saturated carbocycles. The molecule has 3 aromatic rings. The van der Waals surface area contributed by atoms with Gasteiger partial charge in [-0.1, -0.05) is 36.4 Å². The third-order valence-corrected chi connectivity index (χ3v) is 4.43. The molecule has 0 bridgehead atoms. The van der Waals surface area contributed by atoms with Crippen molar-refractivity contribution in [3.8, 4) is 11.1 Å². The maximum Gasteiger partial charge on any atom is 0.131 e. The summed E-state index contributed by atoms with van der Waals surface area (Å²) in [4.78, 5) is 0. The van der Waals surface area contributed by atoms with Gasteiger partial charge in [-0.2, -0.15) is 0 Å². The topological polar surface area (TPSA) is 26.0 Å². The monoisotopic (exact) mass is 277 g/mol. The van der Waals surface area contributed by atoms with Crippen molar-refractivity contribution in [1.82, 2.24) is 0 Å². The van der Waals surface area contributed by atoms with Crippen LogP contribution in [0.1, 0.15) is 16.7 Å². The average Bonchev–Trinajstić information content (AvgIpc) is 2.94. The predicted molar refractivity (Wildman–Crippen MR) is 84.6 cm³/mol. The lowest BCUT2D eigenvalue weighted by atomic mass is 9.94. The minimum Gasteiger partial charge on any atom is -0.326 e. The average molecular weight is 277 g/mol. The van der Waals surface area contributed by atoms with E-state index < -0.39 is 0 Å². The Kier molecular flexibility index (Phi) is 2.79. The Morgan fingerprint density at radius 1 is 0.905 bits per heavy atom. The molecular weight excluding hydrogens is 261 g/mol. The molecule has 21 heavy (non-hydrogen) atoms. The van der Waals surface area contributed by atoms with E-state index in [9.17, 15) is 4.39 Å². The van der Waals surface area contributed by atoms with Crippen molar-refractivity contribution < 1.29 is 4.39 Å². The molecule has 0 amide bonds. The van der Waals surface area contributed by atoms with Gasteiger partial charge in [0.05, 0.1) is 0 Å². The molecule has 0 saturated heterocycles. The van der Waals surface area contributed by atoms with E-state index in [1.807, 2.05) is 12.1 Å². The third-order valence-electron chi connectivity index (χ3n) is 4.43. The number of rotatable bonds is 2. The number of hydrogen-bond donors (Lipinski definition) is 1. The Morgan fingerprint density at radius 2 is 1.71 bits per heavy atom. The largest absolute Gasteiger partial charge is 0.326 e. The van der Waals surface area contributed by atoms with Crippen molar-refractivity contribution in [2.75, 3.05) is 0 Å². The Bertz CT molecular complexity index is 841. The lowest BCUT2D eigenvalue weighted by Crippen LogP contribution is -1.97. The minimum absolute atomic E-state index is 0.189. The molecule has 1 nitrogen and oxygen atoms in total. The maximum absolute atomic E-state index is 14.3. The van der Waals surface area contributed by atoms with Crippen LogP contribution < -0.4 is 5.73 Å². The van der Waals surface area contributed by atoms with E-state index in [0.717, 1.165) is 29.4 Å². The Morgan fingerprint density at radius 3 is 2.52 bits per heavy atom. The molecule has 4 rings (SSSR count). The lowest BCUT2D eigenvalue weighted by molar-refractivity contribution is 0.630. The van der Waals surface area contributed by atoms with Crippen LogP contribution in [0.5, 0.6) is 0 Å². The van der Waals surface area contributed by atoms with Gasteiger partial charge in [-0.15, -0.1) is 0 Å². The molecule has 3 aromatic carbocycles. The van der Waals surface area contributed by atoms with Crippen LogP contribution in [-0.4, -0.2) is 0 Å². The summed E-state index contributed by atoms with van der Waals surface area (Å²) >= 11 is 0. The second-order valence-corrected chi connectivity index (χ2v) is 5.63. The van der Waals surface area contributed by atoms with E-state index >= 15 is 0 Å². The molecule has 0 unspecified atom stereocenters. The number of hydrogen-bond acceptors (Lipinski definition) is 1. The number of halogens is 1. The first-order valence-corrected chi connectivity index (χ1v) is 7.30. The van der Waals surface area contributed by atoms with Crippen molar-refractivity contribution in [3.63, 3.8) is 0 Å². The van der Waals surface area contributed by atoms with Crippen LogP contribution >= 0.6 is 0 Å². The first kappa shape index (κ1) is 12.5. The number of benzene rings is 3. The SMILES string of the molecule is NCc1ccc(F)c(-c2ccc3c4c(cccc24)CC3)c1. The van der Waals surface area contributed by atoms with E-state index in [1.54, 1.807) is 6.07 Å². The second-order valence-electron chi connectivity index (χ2n) is 5.63. The van der Waals surface area contributed by atoms with Gasteiger partial charge in [0.25, 0.3) is 0 Å². The fraction of sp³-hybridized carbons (Fsp3) is 0.158. The van der Waals surface area contributed by atoms with Gasteiger partial charge in [-0.25, -0.2) is 4.39 Å². The highest BCUT2D eigenvalue weighted by atomic mass is 19.1. The van der Waals surface area contributed by atoms with Crippen LogP contribution in [0.2, 0.25) is 0 Å². The molecule has 0 aromatic heterocycles. The molecule has 1 aliphatic rings. The molecule has 2 heteroatoms. The van der Waals surface area contributed by atoms with Crippen LogP contribution in [0.3, 0.4) is 0 Å². The van der Waals surface area contributed by atoms with Gasteiger partial charge in [-0.3, -0.25) is 0 Å². The molecule has 0 spiro atoms. The summed E-state index contributed by atoms with van der Waals surface area (Å²) < 4.78 is 14.3. The summed E-state index contributed by atoms with van der Waals surface area (Å²) in [6, 6.07) is 15.7. The first-order chi connectivity index (χ1) is 10.3. The summed E-state index contributed by atoms with van der Waals surface area (Å²) in [7, 11) is 0. The molecule has 2 N–H and O–H groups in total. The summed E-state index contributed by atoms with van der Waals surface area (Å²) in [6.45, 7) is 0.425. The second kappa shape index (κ2) is 4.68. The van der Waals surface area contributed by atoms with Gasteiger partial charge < -0.3 is 5.73 Å². The lowest BCUT2D eigenvalue weighted by Gasteiger charge is -2.11. The highest BCUT2D eigenvalue weighted by Gasteiger charge is 2.17. The zero-order valence-corrected chi connectivity index (χ0v) is 11.7. The van der Waals surface area contributed by atoms with Gasteiger partial charge in [0.15, 0.2) is 0 Å². The van der Waals surface area contributed by atoms with Crippen molar-refractivity contribution in [3.05, 3.63) is 71.0 Å². The van der Waals surface area contributed by atoms with Gasteiger partial charge in [-0.05, 0) is 58.0 Å². The van der Waals surface area contributed by atoms with Gasteiger partial charge in [0.2, 0.25) is 0 Å². The molecule has 1 aliphatic carbocycles. The standard InChI is InChI=1S/C19H16FN/c20-18-9-4-12(11-21)10-17(18)15-8-7-14-6-5-13-2-1-3-16(15)19(13)14/h1-4,7-10H,5-6,11,21H2. The van der Waals surface area contributed by atoms with Crippen LogP contribution in [0, 0.1) is 5.82 Å². The minimum atomic E-state index is -0.189. The zero-order chi connectivity index (χ0) is 14.4. The Labute approximate surface area is 123 Å². The number of nitrogens with two attached hydrogens (primary N) is 1.